The van der Waals surface area contributed by atoms with Gasteiger partial charge in [-0.2, -0.15) is 10.1 Å². The van der Waals surface area contributed by atoms with E-state index in [0.29, 0.717) is 12.4 Å². The summed E-state index contributed by atoms with van der Waals surface area (Å²) in [4.78, 5) is 18.7. The highest BCUT2D eigenvalue weighted by molar-refractivity contribution is 7.10. The number of carbonyl (C=O) groups is 1. The summed E-state index contributed by atoms with van der Waals surface area (Å²) in [6.45, 7) is 0. The third-order valence-electron chi connectivity index (χ3n) is 5.12. The zero-order chi connectivity index (χ0) is 18.2. The summed E-state index contributed by atoms with van der Waals surface area (Å²) in [7, 11) is 0. The Kier molecular flexibility index (Phi) is 3.98. The molecule has 0 bridgehead atoms. The van der Waals surface area contributed by atoms with Crippen LogP contribution in [0.5, 0.6) is 0 Å². The molecule has 1 aliphatic heterocycles. The van der Waals surface area contributed by atoms with Gasteiger partial charge in [0, 0.05) is 28.5 Å². The predicted octanol–water partition coefficient (Wildman–Crippen LogP) is 4.42. The van der Waals surface area contributed by atoms with Crippen LogP contribution in [0.4, 0.5) is 5.95 Å². The summed E-state index contributed by atoms with van der Waals surface area (Å²) < 4.78 is 1.79. The summed E-state index contributed by atoms with van der Waals surface area (Å²) in [5.41, 5.74) is 2.89. The lowest BCUT2D eigenvalue weighted by Crippen LogP contribution is -2.32. The largest absolute Gasteiger partial charge is 0.328 e. The Morgan fingerprint density at radius 2 is 2.04 bits per heavy atom. The summed E-state index contributed by atoms with van der Waals surface area (Å²) >= 11 is 1.72. The number of nitrogens with zero attached hydrogens (tertiary/aromatic N) is 3. The Morgan fingerprint density at radius 1 is 1.15 bits per heavy atom. The van der Waals surface area contributed by atoms with Crippen molar-refractivity contribution in [2.75, 3.05) is 5.32 Å². The second kappa shape index (κ2) is 6.63. The smallest absolute Gasteiger partial charge is 0.226 e. The third-order valence-corrected chi connectivity index (χ3v) is 6.15. The van der Waals surface area contributed by atoms with Gasteiger partial charge in [0.2, 0.25) is 5.95 Å². The number of benzene rings is 1. The molecular formula is C21H18N4OS. The zero-order valence-corrected chi connectivity index (χ0v) is 15.4. The van der Waals surface area contributed by atoms with Gasteiger partial charge in [0.25, 0.3) is 0 Å². The molecule has 0 saturated heterocycles. The average molecular weight is 374 g/mol. The molecular weight excluding hydrogens is 356 g/mol. The van der Waals surface area contributed by atoms with Crippen molar-refractivity contribution in [1.29, 1.82) is 0 Å². The first kappa shape index (κ1) is 16.2. The number of nitrogens with one attached hydrogen (secondary N) is 1. The maximum Gasteiger partial charge on any atom is 0.226 e. The van der Waals surface area contributed by atoms with E-state index in [9.17, 15) is 4.79 Å². The van der Waals surface area contributed by atoms with Gasteiger partial charge >= 0.3 is 0 Å². The van der Waals surface area contributed by atoms with Gasteiger partial charge in [-0.25, -0.2) is 4.68 Å². The van der Waals surface area contributed by atoms with E-state index >= 15 is 0 Å². The van der Waals surface area contributed by atoms with E-state index in [2.05, 4.69) is 26.8 Å². The number of hydrogen-bond donors (Lipinski definition) is 1. The molecule has 6 heteroatoms. The molecule has 0 radical (unpaired) electrons. The first-order valence-corrected chi connectivity index (χ1v) is 9.87. The molecule has 1 aliphatic carbocycles. The molecule has 5 nitrogen and oxygen atoms in total. The summed E-state index contributed by atoms with van der Waals surface area (Å²) in [6, 6.07) is 14.0. The van der Waals surface area contributed by atoms with E-state index in [1.165, 1.54) is 11.2 Å². The van der Waals surface area contributed by atoms with E-state index < -0.39 is 0 Å². The molecule has 5 rings (SSSR count). The van der Waals surface area contributed by atoms with Gasteiger partial charge in [-0.05, 0) is 23.4 Å². The van der Waals surface area contributed by atoms with Crippen LogP contribution in [0.2, 0.25) is 0 Å². The number of thiophene rings is 1. The lowest BCUT2D eigenvalue weighted by Gasteiger charge is -2.33. The van der Waals surface area contributed by atoms with Crippen molar-refractivity contribution in [3.8, 4) is 0 Å². The molecule has 0 fully saturated rings. The molecule has 3 heterocycles. The quantitative estimate of drug-likeness (QED) is 0.737. The van der Waals surface area contributed by atoms with Crippen LogP contribution in [0, 0.1) is 0 Å². The third kappa shape index (κ3) is 2.92. The number of allylic oxidation sites excluding steroid dienone is 3. The van der Waals surface area contributed by atoms with Crippen molar-refractivity contribution in [3.63, 3.8) is 0 Å². The lowest BCUT2D eigenvalue weighted by atomic mass is 9.81. The maximum atomic E-state index is 13.1. The van der Waals surface area contributed by atoms with Crippen LogP contribution < -0.4 is 5.32 Å². The molecule has 1 aromatic carbocycles. The van der Waals surface area contributed by atoms with Crippen molar-refractivity contribution in [1.82, 2.24) is 14.8 Å². The highest BCUT2D eigenvalue weighted by Gasteiger charge is 2.37. The van der Waals surface area contributed by atoms with Crippen LogP contribution in [0.15, 0.2) is 71.5 Å². The Morgan fingerprint density at radius 3 is 2.85 bits per heavy atom. The summed E-state index contributed by atoms with van der Waals surface area (Å²) in [6.07, 6.45) is 6.99. The first-order chi connectivity index (χ1) is 13.3. The number of hydrogen-bond acceptors (Lipinski definition) is 5. The fourth-order valence-corrected chi connectivity index (χ4v) is 4.69. The van der Waals surface area contributed by atoms with E-state index in [-0.39, 0.29) is 17.7 Å². The average Bonchev–Trinajstić information content (AvgIpc) is 3.37. The SMILES string of the molecule is O=C1CC(c2cccs2)CC2=C1C(C=Cc1ccccc1)n1ncnc1N2. The van der Waals surface area contributed by atoms with E-state index in [0.717, 1.165) is 23.3 Å². The van der Waals surface area contributed by atoms with Crippen LogP contribution in [0.1, 0.15) is 35.2 Å². The highest BCUT2D eigenvalue weighted by atomic mass is 32.1. The number of Topliss-reactive ketones (excluding diaryl/α,β-unsaturated/α-hetero) is 1. The number of fused-ring (bicyclic) bond motifs is 1. The molecule has 0 amide bonds. The Hall–Kier alpha value is -2.99. The minimum atomic E-state index is -0.226. The van der Waals surface area contributed by atoms with Crippen LogP contribution in [-0.2, 0) is 4.79 Å². The Balaban J connectivity index is 1.53. The second-order valence-electron chi connectivity index (χ2n) is 6.80. The fraction of sp³-hybridized carbons (Fsp3) is 0.190. The second-order valence-corrected chi connectivity index (χ2v) is 7.78. The van der Waals surface area contributed by atoms with E-state index in [1.54, 1.807) is 16.0 Å². The lowest BCUT2D eigenvalue weighted by molar-refractivity contribution is -0.116. The zero-order valence-electron chi connectivity index (χ0n) is 14.6. The van der Waals surface area contributed by atoms with Crippen molar-refractivity contribution in [2.24, 2.45) is 0 Å². The molecule has 2 aliphatic rings. The van der Waals surface area contributed by atoms with Crippen LogP contribution in [-0.4, -0.2) is 20.5 Å². The fourth-order valence-electron chi connectivity index (χ4n) is 3.86. The molecule has 2 unspecified atom stereocenters. The van der Waals surface area contributed by atoms with Crippen molar-refractivity contribution in [3.05, 3.63) is 82.0 Å². The number of carbonyl (C=O) groups excluding carboxylic acids is 1. The van der Waals surface area contributed by atoms with Gasteiger partial charge in [0.15, 0.2) is 5.78 Å². The molecule has 2 aromatic heterocycles. The summed E-state index contributed by atoms with van der Waals surface area (Å²) in [5, 5.41) is 9.77. The van der Waals surface area contributed by atoms with E-state index in [1.807, 2.05) is 48.6 Å². The van der Waals surface area contributed by atoms with Gasteiger partial charge in [-0.15, -0.1) is 11.3 Å². The molecule has 2 atom stereocenters. The molecule has 3 aromatic rings. The van der Waals surface area contributed by atoms with Crippen molar-refractivity contribution < 1.29 is 4.79 Å². The number of rotatable bonds is 3. The van der Waals surface area contributed by atoms with Gasteiger partial charge in [-0.1, -0.05) is 48.6 Å². The van der Waals surface area contributed by atoms with Gasteiger partial charge in [-0.3, -0.25) is 4.79 Å². The van der Waals surface area contributed by atoms with Crippen LogP contribution in [0.3, 0.4) is 0 Å². The minimum absolute atomic E-state index is 0.186. The maximum absolute atomic E-state index is 13.1. The van der Waals surface area contributed by atoms with Crippen LogP contribution in [0.25, 0.3) is 6.08 Å². The normalized spacial score (nSPS) is 21.9. The monoisotopic (exact) mass is 374 g/mol. The Labute approximate surface area is 161 Å². The van der Waals surface area contributed by atoms with E-state index in [4.69, 9.17) is 0 Å². The van der Waals surface area contributed by atoms with Gasteiger partial charge in [0.05, 0.1) is 0 Å². The molecule has 27 heavy (non-hydrogen) atoms. The number of anilines is 1. The highest BCUT2D eigenvalue weighted by Crippen LogP contribution is 2.42. The van der Waals surface area contributed by atoms with Crippen molar-refractivity contribution in [2.45, 2.75) is 24.8 Å². The first-order valence-electron chi connectivity index (χ1n) is 8.99. The Bertz CT molecular complexity index is 1030. The van der Waals surface area contributed by atoms with Crippen LogP contribution >= 0.6 is 11.3 Å². The van der Waals surface area contributed by atoms with Gasteiger partial charge in [0.1, 0.15) is 12.4 Å². The molecule has 134 valence electrons. The molecule has 0 spiro atoms. The molecule has 1 N–H and O–H groups in total. The molecule has 0 saturated carbocycles. The summed E-state index contributed by atoms with van der Waals surface area (Å²) in [5.74, 6) is 1.11. The topological polar surface area (TPSA) is 59.8 Å². The van der Waals surface area contributed by atoms with Gasteiger partial charge < -0.3 is 5.32 Å². The number of aromatic nitrogens is 3. The number of ketones is 1. The standard InChI is InChI=1S/C21H18N4OS/c26-18-12-15(19-7-4-10-27-19)11-16-20(18)17(25-21(24-16)22-13-23-25)9-8-14-5-2-1-3-6-14/h1-10,13,15,17H,11-12H2,(H,22,23,24). The minimum Gasteiger partial charge on any atom is -0.328 e. The van der Waals surface area contributed by atoms with Crippen molar-refractivity contribution >= 4 is 29.1 Å². The predicted molar refractivity (Wildman–Crippen MR) is 106 cm³/mol.